The molecule has 2 aromatic carbocycles. The third-order valence-corrected chi connectivity index (χ3v) is 6.29. The summed E-state index contributed by atoms with van der Waals surface area (Å²) in [5.74, 6) is -0.103. The van der Waals surface area contributed by atoms with Gasteiger partial charge in [0, 0.05) is 18.0 Å². The normalized spacial score (nSPS) is 12.5. The second-order valence-electron chi connectivity index (χ2n) is 7.52. The van der Waals surface area contributed by atoms with Gasteiger partial charge < -0.3 is 5.32 Å². The number of anilines is 1. The molecule has 0 radical (unpaired) electrons. The Morgan fingerprint density at radius 1 is 1.10 bits per heavy atom. The number of carbonyl (C=O) groups excluding carboxylic acids is 1. The number of hydrogen-bond acceptors (Lipinski definition) is 3. The lowest BCUT2D eigenvalue weighted by molar-refractivity contribution is -0.121. The molecule has 0 aliphatic carbocycles. The summed E-state index contributed by atoms with van der Waals surface area (Å²) in [5.41, 5.74) is 4.76. The van der Waals surface area contributed by atoms with Crippen LogP contribution in [0.25, 0.3) is 0 Å². The maximum absolute atomic E-state index is 12.4. The average molecular weight is 437 g/mol. The molecule has 158 valence electrons. The number of carbonyl (C=O) groups is 1. The second-order valence-corrected chi connectivity index (χ2v) is 9.86. The highest BCUT2D eigenvalue weighted by atomic mass is 35.5. The van der Waals surface area contributed by atoms with Gasteiger partial charge in [-0.25, -0.2) is 8.42 Å². The highest BCUT2D eigenvalue weighted by Gasteiger charge is 2.20. The van der Waals surface area contributed by atoms with Crippen molar-refractivity contribution in [2.24, 2.45) is 0 Å². The highest BCUT2D eigenvalue weighted by molar-refractivity contribution is 7.92. The Kier molecular flexibility index (Phi) is 7.72. The fourth-order valence-electron chi connectivity index (χ4n) is 3.40. The maximum atomic E-state index is 12.4. The van der Waals surface area contributed by atoms with Crippen LogP contribution in [0.1, 0.15) is 48.1 Å². The smallest absolute Gasteiger partial charge is 0.232 e. The van der Waals surface area contributed by atoms with E-state index in [0.29, 0.717) is 17.1 Å². The van der Waals surface area contributed by atoms with Crippen molar-refractivity contribution >= 4 is 33.2 Å². The molecule has 5 nitrogen and oxygen atoms in total. The molecule has 2 aromatic rings. The molecular formula is C22H29ClN2O3S. The van der Waals surface area contributed by atoms with Gasteiger partial charge in [-0.1, -0.05) is 41.4 Å². The second kappa shape index (κ2) is 9.63. The summed E-state index contributed by atoms with van der Waals surface area (Å²) in [6.45, 7) is 8.07. The lowest BCUT2D eigenvalue weighted by atomic mass is 10.00. The molecule has 1 N–H and O–H groups in total. The Morgan fingerprint density at radius 2 is 1.79 bits per heavy atom. The van der Waals surface area contributed by atoms with Crippen LogP contribution in [0.2, 0.25) is 5.02 Å². The van der Waals surface area contributed by atoms with Gasteiger partial charge >= 0.3 is 0 Å². The van der Waals surface area contributed by atoms with E-state index >= 15 is 0 Å². The van der Waals surface area contributed by atoms with Crippen LogP contribution in [0.15, 0.2) is 36.4 Å². The number of aryl methyl sites for hydroxylation is 3. The predicted molar refractivity (Wildman–Crippen MR) is 120 cm³/mol. The fourth-order valence-corrected chi connectivity index (χ4v) is 4.58. The number of nitrogens with one attached hydrogen (secondary N) is 1. The average Bonchev–Trinajstić information content (AvgIpc) is 2.60. The first-order chi connectivity index (χ1) is 13.5. The Morgan fingerprint density at radius 3 is 2.41 bits per heavy atom. The maximum Gasteiger partial charge on any atom is 0.232 e. The third-order valence-electron chi connectivity index (χ3n) is 4.87. The minimum Gasteiger partial charge on any atom is -0.350 e. The predicted octanol–water partition coefficient (Wildman–Crippen LogP) is 4.69. The summed E-state index contributed by atoms with van der Waals surface area (Å²) in [7, 11) is -3.49. The molecule has 0 saturated carbocycles. The van der Waals surface area contributed by atoms with Crippen molar-refractivity contribution < 1.29 is 13.2 Å². The molecule has 0 saturated heterocycles. The van der Waals surface area contributed by atoms with Crippen LogP contribution < -0.4 is 9.62 Å². The topological polar surface area (TPSA) is 66.5 Å². The monoisotopic (exact) mass is 436 g/mol. The Balaban J connectivity index is 2.00. The van der Waals surface area contributed by atoms with E-state index in [1.54, 1.807) is 18.2 Å². The van der Waals surface area contributed by atoms with Crippen molar-refractivity contribution in [3.8, 4) is 0 Å². The summed E-state index contributed by atoms with van der Waals surface area (Å²) in [6, 6.07) is 11.2. The van der Waals surface area contributed by atoms with Crippen molar-refractivity contribution in [3.63, 3.8) is 0 Å². The molecule has 0 aliphatic heterocycles. The van der Waals surface area contributed by atoms with Gasteiger partial charge in [0.1, 0.15) is 0 Å². The molecule has 0 aromatic heterocycles. The number of rotatable bonds is 8. The molecule has 0 bridgehead atoms. The molecular weight excluding hydrogens is 408 g/mol. The number of hydrogen-bond donors (Lipinski definition) is 1. The van der Waals surface area contributed by atoms with Gasteiger partial charge in [0.25, 0.3) is 0 Å². The quantitative estimate of drug-likeness (QED) is 0.652. The summed E-state index contributed by atoms with van der Waals surface area (Å²) in [5, 5.41) is 3.47. The molecule has 0 spiro atoms. The first kappa shape index (κ1) is 23.2. The van der Waals surface area contributed by atoms with Gasteiger partial charge in [0.05, 0.1) is 18.0 Å². The molecule has 0 unspecified atom stereocenters. The molecule has 1 atom stereocenters. The summed E-state index contributed by atoms with van der Waals surface area (Å²) in [4.78, 5) is 12.4. The molecule has 0 fully saturated rings. The van der Waals surface area contributed by atoms with Crippen molar-refractivity contribution in [2.45, 2.75) is 46.6 Å². The Bertz CT molecular complexity index is 990. The fraction of sp³-hybridized carbons (Fsp3) is 0.409. The van der Waals surface area contributed by atoms with Gasteiger partial charge in [0.15, 0.2) is 0 Å². The van der Waals surface area contributed by atoms with Crippen LogP contribution in [0.5, 0.6) is 0 Å². The first-order valence-corrected chi connectivity index (χ1v) is 11.8. The standard InChI is InChI=1S/C22H29ClN2O3S/c1-15-8-11-20(17(3)13-15)18(4)24-22(26)7-6-12-25(29(5,27)28)21-14-19(23)10-9-16(21)2/h8-11,13-14,18H,6-7,12H2,1-5H3,(H,24,26)/t18-/m0/s1. The number of halogens is 1. The zero-order valence-corrected chi connectivity index (χ0v) is 19.2. The van der Waals surface area contributed by atoms with Crippen LogP contribution >= 0.6 is 11.6 Å². The SMILES string of the molecule is Cc1ccc([C@H](C)NC(=O)CCCN(c2cc(Cl)ccc2C)S(C)(=O)=O)c(C)c1. The van der Waals surface area contributed by atoms with Crippen LogP contribution in [0.3, 0.4) is 0 Å². The number of amides is 1. The zero-order valence-electron chi connectivity index (χ0n) is 17.6. The summed E-state index contributed by atoms with van der Waals surface area (Å²) >= 11 is 6.05. The minimum atomic E-state index is -3.49. The van der Waals surface area contributed by atoms with Crippen molar-refractivity contribution in [2.75, 3.05) is 17.1 Å². The molecule has 29 heavy (non-hydrogen) atoms. The van der Waals surface area contributed by atoms with Crippen molar-refractivity contribution in [1.29, 1.82) is 0 Å². The number of sulfonamides is 1. The lowest BCUT2D eigenvalue weighted by Gasteiger charge is -2.24. The highest BCUT2D eigenvalue weighted by Crippen LogP contribution is 2.26. The molecule has 0 heterocycles. The number of nitrogens with zero attached hydrogens (tertiary/aromatic N) is 1. The molecule has 0 aliphatic rings. The van der Waals surface area contributed by atoms with Crippen LogP contribution in [-0.4, -0.2) is 27.1 Å². The van der Waals surface area contributed by atoms with Crippen molar-refractivity contribution in [1.82, 2.24) is 5.32 Å². The van der Waals surface area contributed by atoms with Gasteiger partial charge in [-0.2, -0.15) is 0 Å². The van der Waals surface area contributed by atoms with Crippen LogP contribution in [-0.2, 0) is 14.8 Å². The lowest BCUT2D eigenvalue weighted by Crippen LogP contribution is -2.33. The molecule has 2 rings (SSSR count). The van der Waals surface area contributed by atoms with E-state index in [9.17, 15) is 13.2 Å². The van der Waals surface area contributed by atoms with E-state index in [2.05, 4.69) is 11.4 Å². The van der Waals surface area contributed by atoms with Gasteiger partial charge in [-0.05, 0) is 62.9 Å². The Hall–Kier alpha value is -2.05. The molecule has 7 heteroatoms. The number of benzene rings is 2. The summed E-state index contributed by atoms with van der Waals surface area (Å²) in [6.07, 6.45) is 1.81. The van der Waals surface area contributed by atoms with Gasteiger partial charge in [0.2, 0.25) is 15.9 Å². The first-order valence-electron chi connectivity index (χ1n) is 9.59. The van der Waals surface area contributed by atoms with E-state index in [1.807, 2.05) is 39.8 Å². The van der Waals surface area contributed by atoms with E-state index in [0.717, 1.165) is 22.9 Å². The van der Waals surface area contributed by atoms with Crippen LogP contribution in [0, 0.1) is 20.8 Å². The van der Waals surface area contributed by atoms with Gasteiger partial charge in [-0.15, -0.1) is 0 Å². The zero-order chi connectivity index (χ0) is 21.8. The third kappa shape index (κ3) is 6.47. The minimum absolute atomic E-state index is 0.103. The van der Waals surface area contributed by atoms with E-state index in [1.165, 1.54) is 9.87 Å². The van der Waals surface area contributed by atoms with Crippen molar-refractivity contribution in [3.05, 3.63) is 63.7 Å². The largest absolute Gasteiger partial charge is 0.350 e. The van der Waals surface area contributed by atoms with E-state index < -0.39 is 10.0 Å². The van der Waals surface area contributed by atoms with E-state index in [4.69, 9.17) is 11.6 Å². The van der Waals surface area contributed by atoms with Crippen LogP contribution in [0.4, 0.5) is 5.69 Å². The van der Waals surface area contributed by atoms with E-state index in [-0.39, 0.29) is 24.9 Å². The Labute approximate surface area is 179 Å². The molecule has 1 amide bonds. The van der Waals surface area contributed by atoms with Gasteiger partial charge in [-0.3, -0.25) is 9.10 Å². The summed E-state index contributed by atoms with van der Waals surface area (Å²) < 4.78 is 25.9.